The third-order valence-corrected chi connectivity index (χ3v) is 18.9. The molecule has 0 bridgehead atoms. The van der Waals surface area contributed by atoms with Crippen LogP contribution in [0.1, 0.15) is 341 Å². The van der Waals surface area contributed by atoms with Crippen LogP contribution in [0.2, 0.25) is 0 Å². The van der Waals surface area contributed by atoms with Gasteiger partial charge in [0.1, 0.15) is 48.8 Å². The molecule has 9 N–H and O–H groups in total. The summed E-state index contributed by atoms with van der Waals surface area (Å²) < 4.78 is 22.9. The van der Waals surface area contributed by atoms with Gasteiger partial charge in [-0.25, -0.2) is 0 Å². The van der Waals surface area contributed by atoms with E-state index in [0.29, 0.717) is 12.8 Å². The molecule has 0 aromatic carbocycles. The molecule has 0 saturated carbocycles. The van der Waals surface area contributed by atoms with Crippen LogP contribution in [0, 0.1) is 0 Å². The van der Waals surface area contributed by atoms with Gasteiger partial charge in [0.05, 0.1) is 32.0 Å². The quantitative estimate of drug-likeness (QED) is 0.0204. The summed E-state index contributed by atoms with van der Waals surface area (Å²) in [6, 6.07) is -0.940. The fourth-order valence-electron chi connectivity index (χ4n) is 12.7. The monoisotopic (exact) mass is 1320 g/mol. The number of carbonyl (C=O) groups is 1. The van der Waals surface area contributed by atoms with Crippen LogP contribution < -0.4 is 5.32 Å². The first kappa shape index (κ1) is 86.8. The highest BCUT2D eigenvalue weighted by Gasteiger charge is 2.51. The van der Waals surface area contributed by atoms with Gasteiger partial charge >= 0.3 is 0 Å². The molecule has 0 radical (unpaired) electrons. The molecule has 2 heterocycles. The van der Waals surface area contributed by atoms with Gasteiger partial charge in [-0.3, -0.25) is 4.79 Å². The fraction of sp³-hybridized carbons (Fsp3) is 0.861. The van der Waals surface area contributed by atoms with E-state index >= 15 is 0 Å². The maximum absolute atomic E-state index is 13.4. The maximum atomic E-state index is 13.4. The van der Waals surface area contributed by atoms with Crippen molar-refractivity contribution in [1.82, 2.24) is 5.32 Å². The summed E-state index contributed by atoms with van der Waals surface area (Å²) in [4.78, 5) is 13.4. The zero-order chi connectivity index (χ0) is 67.3. The first-order valence-corrected chi connectivity index (χ1v) is 39.0. The minimum absolute atomic E-state index is 0.248. The van der Waals surface area contributed by atoms with Crippen molar-refractivity contribution in [3.63, 3.8) is 0 Å². The number of nitrogens with one attached hydrogen (secondary N) is 1. The van der Waals surface area contributed by atoms with E-state index in [9.17, 15) is 45.6 Å². The van der Waals surface area contributed by atoms with Crippen LogP contribution in [-0.4, -0.2) is 140 Å². The van der Waals surface area contributed by atoms with E-state index in [0.717, 1.165) is 51.4 Å². The number of aliphatic hydroxyl groups excluding tert-OH is 8. The molecule has 1 amide bonds. The van der Waals surface area contributed by atoms with Crippen molar-refractivity contribution in [3.8, 4) is 0 Å². The standard InChI is InChI=1S/C79H145NO13/c1-3-5-7-9-11-13-15-17-19-21-23-25-27-29-30-31-32-33-34-35-36-37-38-39-41-43-45-47-49-51-53-55-57-59-61-63-71(84)80-67(66-90-78-76(89)74(87)77(70(65-82)92-78)93-79-75(88)73(86)72(85)69(64-81)91-79)68(83)62-60-58-56-54-52-50-48-46-44-42-40-28-26-24-22-20-18-16-14-12-10-8-6-4-2/h15,17,21,23,44,46,52,54,60,62,67-70,72-79,81-83,85-89H,3-14,16,18-20,22,24-43,45,47-51,53,55-59,61,63-66H2,1-2H3,(H,80,84)/b17-15-,23-21-,46-44+,54-52+,62-60+. The topological polar surface area (TPSA) is 228 Å². The Morgan fingerprint density at radius 1 is 0.387 bits per heavy atom. The van der Waals surface area contributed by atoms with E-state index in [1.54, 1.807) is 6.08 Å². The SMILES string of the molecule is CCCCCCC/C=C\C/C=C\CCCCCCCCCCCCCCCCCCCCCCCCCC(=O)NC(COC1OC(CO)C(OC2OC(CO)C(O)C(O)C2O)C(O)C1O)C(O)/C=C/CC/C=C/CC/C=C/CCCCCCCCCCCCCCCC. The summed E-state index contributed by atoms with van der Waals surface area (Å²) in [6.07, 6.45) is 68.8. The molecular formula is C79H145NO13. The third kappa shape index (κ3) is 46.6. The van der Waals surface area contributed by atoms with Crippen LogP contribution in [0.3, 0.4) is 0 Å². The predicted molar refractivity (Wildman–Crippen MR) is 383 cm³/mol. The third-order valence-electron chi connectivity index (χ3n) is 18.9. The summed E-state index contributed by atoms with van der Waals surface area (Å²) in [5.74, 6) is -0.248. The van der Waals surface area contributed by atoms with Crippen LogP contribution in [-0.2, 0) is 23.7 Å². The fourth-order valence-corrected chi connectivity index (χ4v) is 12.7. The van der Waals surface area contributed by atoms with E-state index in [1.807, 2.05) is 6.08 Å². The molecule has 2 aliphatic rings. The Morgan fingerprint density at radius 2 is 0.720 bits per heavy atom. The van der Waals surface area contributed by atoms with Crippen molar-refractivity contribution in [2.45, 2.75) is 415 Å². The number of carbonyl (C=O) groups excluding carboxylic acids is 1. The second-order valence-corrected chi connectivity index (χ2v) is 27.5. The number of hydrogen-bond acceptors (Lipinski definition) is 13. The smallest absolute Gasteiger partial charge is 0.220 e. The highest BCUT2D eigenvalue weighted by molar-refractivity contribution is 5.76. The predicted octanol–water partition coefficient (Wildman–Crippen LogP) is 17.2. The van der Waals surface area contributed by atoms with Gasteiger partial charge in [0.2, 0.25) is 5.91 Å². The number of aliphatic hydroxyl groups is 8. The molecule has 2 saturated heterocycles. The second-order valence-electron chi connectivity index (χ2n) is 27.5. The van der Waals surface area contributed by atoms with E-state index in [4.69, 9.17) is 18.9 Å². The van der Waals surface area contributed by atoms with Gasteiger partial charge in [-0.15, -0.1) is 0 Å². The van der Waals surface area contributed by atoms with Crippen LogP contribution in [0.25, 0.3) is 0 Å². The Balaban J connectivity index is 1.63. The lowest BCUT2D eigenvalue weighted by atomic mass is 9.97. The number of ether oxygens (including phenoxy) is 4. The van der Waals surface area contributed by atoms with E-state index < -0.39 is 86.8 Å². The van der Waals surface area contributed by atoms with Crippen molar-refractivity contribution in [1.29, 1.82) is 0 Å². The van der Waals surface area contributed by atoms with E-state index in [2.05, 4.69) is 67.8 Å². The summed E-state index contributed by atoms with van der Waals surface area (Å²) in [7, 11) is 0. The molecule has 93 heavy (non-hydrogen) atoms. The largest absolute Gasteiger partial charge is 0.394 e. The zero-order valence-electron chi connectivity index (χ0n) is 59.5. The molecule has 14 nitrogen and oxygen atoms in total. The molecular weight excluding hydrogens is 1170 g/mol. The van der Waals surface area contributed by atoms with Gasteiger partial charge in [-0.05, 0) is 77.0 Å². The van der Waals surface area contributed by atoms with E-state index in [1.165, 1.54) is 257 Å². The number of unbranched alkanes of at least 4 members (excludes halogenated alkanes) is 44. The van der Waals surface area contributed by atoms with Crippen LogP contribution in [0.5, 0.6) is 0 Å². The first-order chi connectivity index (χ1) is 45.6. The molecule has 0 spiro atoms. The van der Waals surface area contributed by atoms with Crippen molar-refractivity contribution >= 4 is 5.91 Å². The Morgan fingerprint density at radius 3 is 1.12 bits per heavy atom. The average molecular weight is 1320 g/mol. The van der Waals surface area contributed by atoms with Crippen molar-refractivity contribution < 1.29 is 64.6 Å². The van der Waals surface area contributed by atoms with Crippen LogP contribution in [0.4, 0.5) is 0 Å². The molecule has 0 aromatic heterocycles. The lowest BCUT2D eigenvalue weighted by molar-refractivity contribution is -0.359. The molecule has 12 atom stereocenters. The summed E-state index contributed by atoms with van der Waals surface area (Å²) in [6.45, 7) is 2.81. The zero-order valence-corrected chi connectivity index (χ0v) is 59.5. The van der Waals surface area contributed by atoms with Gasteiger partial charge in [0.15, 0.2) is 12.6 Å². The number of hydrogen-bond donors (Lipinski definition) is 9. The highest BCUT2D eigenvalue weighted by Crippen LogP contribution is 2.30. The van der Waals surface area contributed by atoms with Crippen molar-refractivity contribution in [2.24, 2.45) is 0 Å². The van der Waals surface area contributed by atoms with Crippen molar-refractivity contribution in [3.05, 3.63) is 60.8 Å². The highest BCUT2D eigenvalue weighted by atomic mass is 16.7. The summed E-state index contributed by atoms with van der Waals surface area (Å²) in [5, 5.41) is 87.6. The van der Waals surface area contributed by atoms with E-state index in [-0.39, 0.29) is 18.9 Å². The van der Waals surface area contributed by atoms with Gasteiger partial charge in [0.25, 0.3) is 0 Å². The van der Waals surface area contributed by atoms with Crippen LogP contribution in [0.15, 0.2) is 60.8 Å². The Labute approximate surface area is 568 Å². The lowest BCUT2D eigenvalue weighted by Gasteiger charge is -2.46. The minimum Gasteiger partial charge on any atom is -0.394 e. The van der Waals surface area contributed by atoms with Gasteiger partial charge in [0, 0.05) is 6.42 Å². The molecule has 0 aromatic rings. The van der Waals surface area contributed by atoms with Crippen LogP contribution >= 0.6 is 0 Å². The Kier molecular flexibility index (Phi) is 58.9. The Bertz CT molecular complexity index is 1790. The average Bonchev–Trinajstić information content (AvgIpc) is 0.854. The minimum atomic E-state index is -1.79. The van der Waals surface area contributed by atoms with Gasteiger partial charge in [-0.1, -0.05) is 319 Å². The number of amides is 1. The molecule has 2 rings (SSSR count). The Hall–Kier alpha value is -2.31. The number of allylic oxidation sites excluding steroid dienone is 9. The normalized spacial score (nSPS) is 22.9. The number of rotatable bonds is 65. The van der Waals surface area contributed by atoms with Gasteiger partial charge in [-0.2, -0.15) is 0 Å². The summed E-state index contributed by atoms with van der Waals surface area (Å²) in [5.41, 5.74) is 0. The molecule has 12 unspecified atom stereocenters. The molecule has 2 fully saturated rings. The maximum Gasteiger partial charge on any atom is 0.220 e. The van der Waals surface area contributed by atoms with Crippen molar-refractivity contribution in [2.75, 3.05) is 19.8 Å². The molecule has 14 heteroatoms. The summed E-state index contributed by atoms with van der Waals surface area (Å²) >= 11 is 0. The van der Waals surface area contributed by atoms with Gasteiger partial charge < -0.3 is 65.1 Å². The molecule has 0 aliphatic carbocycles. The lowest BCUT2D eigenvalue weighted by Crippen LogP contribution is -2.65. The second kappa shape index (κ2) is 63.2. The first-order valence-electron chi connectivity index (χ1n) is 39.0. The molecule has 544 valence electrons. The molecule has 2 aliphatic heterocycles.